The molecule has 3 heterocycles. The molecule has 148 valence electrons. The maximum atomic E-state index is 6.13. The minimum atomic E-state index is 0.751. The normalized spacial score (nSPS) is 17.2. The summed E-state index contributed by atoms with van der Waals surface area (Å²) in [6.07, 6.45) is 4.45. The van der Waals surface area contributed by atoms with Crippen molar-refractivity contribution in [1.29, 1.82) is 0 Å². The van der Waals surface area contributed by atoms with Gasteiger partial charge in [0.2, 0.25) is 0 Å². The number of nitrogens with zero attached hydrogens (tertiary/aromatic N) is 3. The molecule has 0 bridgehead atoms. The molecule has 0 spiro atoms. The first-order valence-corrected chi connectivity index (χ1v) is 10.6. The summed E-state index contributed by atoms with van der Waals surface area (Å²) >= 11 is 6.13. The summed E-state index contributed by atoms with van der Waals surface area (Å²) in [5.41, 5.74) is 7.71. The molecule has 1 N–H and O–H groups in total. The fourth-order valence-corrected chi connectivity index (χ4v) is 4.49. The molecular weight excluding hydrogens is 380 g/mol. The third kappa shape index (κ3) is 3.59. The smallest absolute Gasteiger partial charge is 0.158 e. The van der Waals surface area contributed by atoms with Crippen LogP contribution in [0.5, 0.6) is 0 Å². The third-order valence-corrected chi connectivity index (χ3v) is 6.30. The van der Waals surface area contributed by atoms with Gasteiger partial charge in [-0.05, 0) is 48.7 Å². The van der Waals surface area contributed by atoms with Gasteiger partial charge < -0.3 is 9.80 Å². The van der Waals surface area contributed by atoms with Crippen LogP contribution in [-0.2, 0) is 13.0 Å². The van der Waals surface area contributed by atoms with Gasteiger partial charge in [0.05, 0.1) is 5.69 Å². The number of rotatable bonds is 3. The van der Waals surface area contributed by atoms with Crippen molar-refractivity contribution in [2.24, 2.45) is 0 Å². The molecule has 5 heteroatoms. The zero-order valence-electron chi connectivity index (χ0n) is 16.7. The van der Waals surface area contributed by atoms with Gasteiger partial charge in [0, 0.05) is 42.3 Å². The molecule has 0 saturated carbocycles. The number of aromatic amines is 1. The summed E-state index contributed by atoms with van der Waals surface area (Å²) in [5.74, 6) is 1.07. The molecule has 0 fully saturated rings. The second kappa shape index (κ2) is 7.69. The van der Waals surface area contributed by atoms with Crippen LogP contribution in [0.3, 0.4) is 0 Å². The Kier molecular flexibility index (Phi) is 4.90. The lowest BCUT2D eigenvalue weighted by Crippen LogP contribution is -2.31. The quantitative estimate of drug-likeness (QED) is 0.666. The third-order valence-electron chi connectivity index (χ3n) is 6.04. The predicted octanol–water partition coefficient (Wildman–Crippen LogP) is 5.01. The van der Waals surface area contributed by atoms with E-state index in [9.17, 15) is 0 Å². The first-order valence-electron chi connectivity index (χ1n) is 10.2. The number of hydrogen-bond acceptors (Lipinski definition) is 3. The van der Waals surface area contributed by atoms with Gasteiger partial charge in [-0.3, -0.25) is 5.10 Å². The molecule has 1 aromatic heterocycles. The van der Waals surface area contributed by atoms with E-state index in [1.54, 1.807) is 0 Å². The molecule has 2 aliphatic rings. The number of halogens is 1. The topological polar surface area (TPSA) is 35.2 Å². The van der Waals surface area contributed by atoms with Crippen LogP contribution in [0.2, 0.25) is 5.02 Å². The first-order chi connectivity index (χ1) is 14.2. The zero-order valence-corrected chi connectivity index (χ0v) is 17.4. The fourth-order valence-electron chi connectivity index (χ4n) is 4.37. The number of likely N-dealkylation sites (N-methyl/N-ethyl adjacent to an activating group) is 1. The Morgan fingerprint density at radius 1 is 0.966 bits per heavy atom. The molecule has 2 aromatic carbocycles. The number of H-pyrrole nitrogens is 1. The molecule has 4 nitrogen and oxygen atoms in total. The highest BCUT2D eigenvalue weighted by Crippen LogP contribution is 2.39. The lowest BCUT2D eigenvalue weighted by Gasteiger charge is -2.31. The summed E-state index contributed by atoms with van der Waals surface area (Å²) in [4.78, 5) is 4.77. The van der Waals surface area contributed by atoms with E-state index < -0.39 is 0 Å². The van der Waals surface area contributed by atoms with E-state index in [2.05, 4.69) is 64.4 Å². The predicted molar refractivity (Wildman–Crippen MR) is 120 cm³/mol. The average molecular weight is 405 g/mol. The molecule has 0 amide bonds. The second-order valence-corrected chi connectivity index (χ2v) is 8.42. The number of benzene rings is 2. The van der Waals surface area contributed by atoms with Crippen LogP contribution >= 0.6 is 11.6 Å². The largest absolute Gasteiger partial charge is 0.350 e. The van der Waals surface area contributed by atoms with E-state index in [0.29, 0.717) is 0 Å². The highest BCUT2D eigenvalue weighted by Gasteiger charge is 2.26. The Bertz CT molecular complexity index is 1050. The number of fused-ring (bicyclic) bond motifs is 1. The molecule has 2 aliphatic heterocycles. The van der Waals surface area contributed by atoms with Gasteiger partial charge in [-0.25, -0.2) is 0 Å². The molecule has 0 unspecified atom stereocenters. The monoisotopic (exact) mass is 404 g/mol. The van der Waals surface area contributed by atoms with Gasteiger partial charge in [-0.1, -0.05) is 54.1 Å². The summed E-state index contributed by atoms with van der Waals surface area (Å²) in [5, 5.41) is 8.92. The van der Waals surface area contributed by atoms with Crippen molar-refractivity contribution >= 4 is 23.0 Å². The summed E-state index contributed by atoms with van der Waals surface area (Å²) in [6, 6.07) is 16.8. The first kappa shape index (κ1) is 18.5. The van der Waals surface area contributed by atoms with E-state index in [4.69, 9.17) is 16.7 Å². The van der Waals surface area contributed by atoms with E-state index in [1.807, 2.05) is 12.1 Å². The molecule has 0 atom stereocenters. The molecule has 3 aromatic rings. The maximum Gasteiger partial charge on any atom is 0.158 e. The lowest BCUT2D eigenvalue weighted by molar-refractivity contribution is 0.370. The van der Waals surface area contributed by atoms with Gasteiger partial charge >= 0.3 is 0 Å². The van der Waals surface area contributed by atoms with Crippen molar-refractivity contribution in [2.45, 2.75) is 19.4 Å². The summed E-state index contributed by atoms with van der Waals surface area (Å²) in [6.45, 7) is 3.94. The van der Waals surface area contributed by atoms with Crippen LogP contribution in [0, 0.1) is 0 Å². The van der Waals surface area contributed by atoms with E-state index in [1.165, 1.54) is 22.3 Å². The lowest BCUT2D eigenvalue weighted by atomic mass is 9.94. The van der Waals surface area contributed by atoms with Crippen molar-refractivity contribution in [2.75, 3.05) is 31.6 Å². The van der Waals surface area contributed by atoms with E-state index >= 15 is 0 Å². The molecule has 5 rings (SSSR count). The SMILES string of the molecule is CN1CC=C(c2c(N3CCc4ccccc4C3)n[nH]c2-c2ccc(Cl)cc2)CC1. The van der Waals surface area contributed by atoms with Gasteiger partial charge in [0.15, 0.2) is 5.82 Å². The van der Waals surface area contributed by atoms with Crippen molar-refractivity contribution in [3.05, 3.63) is 76.3 Å². The Morgan fingerprint density at radius 3 is 2.52 bits per heavy atom. The maximum absolute atomic E-state index is 6.13. The Balaban J connectivity index is 1.58. The van der Waals surface area contributed by atoms with Crippen LogP contribution in [-0.4, -0.2) is 41.8 Å². The van der Waals surface area contributed by atoms with Crippen molar-refractivity contribution < 1.29 is 0 Å². The van der Waals surface area contributed by atoms with Crippen LogP contribution in [0.15, 0.2) is 54.6 Å². The Hall–Kier alpha value is -2.56. The van der Waals surface area contributed by atoms with Crippen LogP contribution in [0.25, 0.3) is 16.8 Å². The fraction of sp³-hybridized carbons (Fsp3) is 0.292. The zero-order chi connectivity index (χ0) is 19.8. The van der Waals surface area contributed by atoms with Gasteiger partial charge in [0.25, 0.3) is 0 Å². The molecular formula is C24H25ClN4. The summed E-state index contributed by atoms with van der Waals surface area (Å²) < 4.78 is 0. The van der Waals surface area contributed by atoms with Crippen LogP contribution < -0.4 is 4.90 Å². The number of hydrogen-bond donors (Lipinski definition) is 1. The number of aromatic nitrogens is 2. The number of anilines is 1. The van der Waals surface area contributed by atoms with Gasteiger partial charge in [-0.15, -0.1) is 0 Å². The summed E-state index contributed by atoms with van der Waals surface area (Å²) in [7, 11) is 2.17. The Labute approximate surface area is 176 Å². The van der Waals surface area contributed by atoms with Crippen LogP contribution in [0.1, 0.15) is 23.1 Å². The number of nitrogens with one attached hydrogen (secondary N) is 1. The standard InChI is InChI=1S/C24H25ClN4/c1-28-13-10-18(11-14-28)22-23(19-6-8-21(25)9-7-19)26-27-24(22)29-15-12-17-4-2-3-5-20(17)16-29/h2-10H,11-16H2,1H3,(H,26,27). The van der Waals surface area contributed by atoms with E-state index in [0.717, 1.165) is 61.1 Å². The molecule has 0 radical (unpaired) electrons. The Morgan fingerprint density at radius 2 is 1.76 bits per heavy atom. The second-order valence-electron chi connectivity index (χ2n) is 7.99. The highest BCUT2D eigenvalue weighted by atomic mass is 35.5. The highest BCUT2D eigenvalue weighted by molar-refractivity contribution is 6.30. The van der Waals surface area contributed by atoms with Crippen molar-refractivity contribution in [3.8, 4) is 11.3 Å². The molecule has 0 aliphatic carbocycles. The minimum absolute atomic E-state index is 0.751. The van der Waals surface area contributed by atoms with Crippen molar-refractivity contribution in [3.63, 3.8) is 0 Å². The molecule has 29 heavy (non-hydrogen) atoms. The average Bonchev–Trinajstić information content (AvgIpc) is 3.19. The van der Waals surface area contributed by atoms with Crippen molar-refractivity contribution in [1.82, 2.24) is 15.1 Å². The van der Waals surface area contributed by atoms with Gasteiger partial charge in [-0.2, -0.15) is 5.10 Å². The molecule has 0 saturated heterocycles. The van der Waals surface area contributed by atoms with Crippen LogP contribution in [0.4, 0.5) is 5.82 Å². The van der Waals surface area contributed by atoms with E-state index in [-0.39, 0.29) is 0 Å². The minimum Gasteiger partial charge on any atom is -0.350 e. The van der Waals surface area contributed by atoms with Gasteiger partial charge in [0.1, 0.15) is 0 Å².